The van der Waals surface area contributed by atoms with Gasteiger partial charge in [0.25, 0.3) is 0 Å². The molecule has 0 saturated heterocycles. The van der Waals surface area contributed by atoms with Gasteiger partial charge in [0.05, 0.1) is 13.2 Å². The Morgan fingerprint density at radius 1 is 1.08 bits per heavy atom. The summed E-state index contributed by atoms with van der Waals surface area (Å²) < 4.78 is 11.4. The predicted octanol–water partition coefficient (Wildman–Crippen LogP) is 3.49. The van der Waals surface area contributed by atoms with Crippen molar-refractivity contribution in [1.82, 2.24) is 10.6 Å². The van der Waals surface area contributed by atoms with Crippen LogP contribution in [0.2, 0.25) is 0 Å². The van der Waals surface area contributed by atoms with E-state index in [2.05, 4.69) is 27.8 Å². The molecule has 2 aromatic carbocycles. The quantitative estimate of drug-likeness (QED) is 0.591. The van der Waals surface area contributed by atoms with Crippen molar-refractivity contribution in [3.8, 4) is 11.5 Å². The minimum atomic E-state index is 0.377. The van der Waals surface area contributed by atoms with Gasteiger partial charge in [-0.2, -0.15) is 0 Å². The van der Waals surface area contributed by atoms with E-state index in [1.807, 2.05) is 36.4 Å². The summed E-state index contributed by atoms with van der Waals surface area (Å²) in [7, 11) is 3.45. The van der Waals surface area contributed by atoms with Crippen molar-refractivity contribution in [2.75, 3.05) is 14.2 Å². The first-order chi connectivity index (χ1) is 12.8. The number of guanidine groups is 1. The molecule has 1 fully saturated rings. The molecular weight excluding hydrogens is 326 g/mol. The number of methoxy groups -OCH3 is 1. The molecule has 0 aromatic heterocycles. The lowest BCUT2D eigenvalue weighted by molar-refractivity contribution is 0.119. The highest BCUT2D eigenvalue weighted by Crippen LogP contribution is 2.27. The summed E-state index contributed by atoms with van der Waals surface area (Å²) in [6.45, 7) is 1.35. The second kappa shape index (κ2) is 9.13. The third-order valence-corrected chi connectivity index (χ3v) is 4.58. The molecule has 0 amide bonds. The van der Waals surface area contributed by atoms with Crippen molar-refractivity contribution in [3.05, 3.63) is 59.7 Å². The fourth-order valence-corrected chi connectivity index (χ4v) is 2.80. The van der Waals surface area contributed by atoms with Crippen LogP contribution >= 0.6 is 0 Å². The van der Waals surface area contributed by atoms with Crippen LogP contribution < -0.4 is 20.1 Å². The molecule has 5 nitrogen and oxygen atoms in total. The second-order valence-electron chi connectivity index (χ2n) is 6.41. The van der Waals surface area contributed by atoms with E-state index >= 15 is 0 Å². The number of hydrogen-bond donors (Lipinski definition) is 2. The molecule has 0 spiro atoms. The van der Waals surface area contributed by atoms with Crippen molar-refractivity contribution in [1.29, 1.82) is 0 Å². The Hall–Kier alpha value is -2.69. The van der Waals surface area contributed by atoms with Gasteiger partial charge in [-0.05, 0) is 43.0 Å². The molecule has 5 heteroatoms. The number of rotatable bonds is 7. The highest BCUT2D eigenvalue weighted by Gasteiger charge is 2.20. The summed E-state index contributed by atoms with van der Waals surface area (Å²) in [4.78, 5) is 4.30. The van der Waals surface area contributed by atoms with Crippen LogP contribution in [0.1, 0.15) is 30.4 Å². The van der Waals surface area contributed by atoms with E-state index in [0.717, 1.165) is 41.4 Å². The number of benzene rings is 2. The van der Waals surface area contributed by atoms with Gasteiger partial charge in [0.2, 0.25) is 0 Å². The minimum Gasteiger partial charge on any atom is -0.497 e. The lowest BCUT2D eigenvalue weighted by Gasteiger charge is -2.27. The molecule has 1 aliphatic rings. The summed E-state index contributed by atoms with van der Waals surface area (Å²) in [6, 6.07) is 16.2. The molecule has 2 N–H and O–H groups in total. The van der Waals surface area contributed by atoms with E-state index in [1.165, 1.54) is 6.42 Å². The third-order valence-electron chi connectivity index (χ3n) is 4.58. The smallest absolute Gasteiger partial charge is 0.191 e. The predicted molar refractivity (Wildman–Crippen MR) is 105 cm³/mol. The Morgan fingerprint density at radius 2 is 1.88 bits per heavy atom. The van der Waals surface area contributed by atoms with Crippen LogP contribution in [0.3, 0.4) is 0 Å². The van der Waals surface area contributed by atoms with Gasteiger partial charge in [0, 0.05) is 25.7 Å². The molecule has 0 bridgehead atoms. The number of nitrogens with one attached hydrogen (secondary N) is 2. The molecule has 2 aromatic rings. The van der Waals surface area contributed by atoms with Gasteiger partial charge < -0.3 is 20.1 Å². The highest BCUT2D eigenvalue weighted by atomic mass is 16.5. The standard InChI is InChI=1S/C21H27N3O2/c1-22-21(23-14-16-7-5-11-19(13-16)25-2)24-15-17-8-3-4-12-20(17)26-18-9-6-10-18/h3-5,7-8,11-13,18H,6,9-10,14-15H2,1-2H3,(H2,22,23,24). The second-order valence-corrected chi connectivity index (χ2v) is 6.41. The molecule has 1 saturated carbocycles. The van der Waals surface area contributed by atoms with E-state index in [9.17, 15) is 0 Å². The van der Waals surface area contributed by atoms with Gasteiger partial charge in [-0.25, -0.2) is 0 Å². The summed E-state index contributed by atoms with van der Waals surface area (Å²) in [5.74, 6) is 2.58. The van der Waals surface area contributed by atoms with E-state index in [0.29, 0.717) is 19.2 Å². The van der Waals surface area contributed by atoms with Crippen LogP contribution in [0.15, 0.2) is 53.5 Å². The molecule has 0 aliphatic heterocycles. The Morgan fingerprint density at radius 3 is 2.62 bits per heavy atom. The van der Waals surface area contributed by atoms with Crippen molar-refractivity contribution < 1.29 is 9.47 Å². The number of ether oxygens (including phenoxy) is 2. The third kappa shape index (κ3) is 4.91. The summed E-state index contributed by atoms with van der Waals surface area (Å²) in [6.07, 6.45) is 3.96. The van der Waals surface area contributed by atoms with E-state index in [-0.39, 0.29) is 0 Å². The first kappa shape index (κ1) is 18.1. The monoisotopic (exact) mass is 353 g/mol. The van der Waals surface area contributed by atoms with Gasteiger partial charge >= 0.3 is 0 Å². The van der Waals surface area contributed by atoms with Gasteiger partial charge in [-0.3, -0.25) is 4.99 Å². The lowest BCUT2D eigenvalue weighted by Crippen LogP contribution is -2.36. The van der Waals surface area contributed by atoms with Crippen molar-refractivity contribution in [3.63, 3.8) is 0 Å². The number of aliphatic imine (C=N–C) groups is 1. The lowest BCUT2D eigenvalue weighted by atomic mass is 9.96. The maximum absolute atomic E-state index is 6.09. The molecule has 1 aliphatic carbocycles. The maximum Gasteiger partial charge on any atom is 0.191 e. The molecule has 138 valence electrons. The average Bonchev–Trinajstić information content (AvgIpc) is 2.66. The zero-order chi connectivity index (χ0) is 18.2. The highest BCUT2D eigenvalue weighted by molar-refractivity contribution is 5.79. The molecule has 26 heavy (non-hydrogen) atoms. The van der Waals surface area contributed by atoms with Crippen molar-refractivity contribution in [2.45, 2.75) is 38.5 Å². The van der Waals surface area contributed by atoms with Crippen LogP contribution in [0, 0.1) is 0 Å². The molecule has 0 atom stereocenters. The van der Waals surface area contributed by atoms with Gasteiger partial charge in [-0.1, -0.05) is 30.3 Å². The fraction of sp³-hybridized carbons (Fsp3) is 0.381. The van der Waals surface area contributed by atoms with Crippen LogP contribution in [0.25, 0.3) is 0 Å². The van der Waals surface area contributed by atoms with Gasteiger partial charge in [-0.15, -0.1) is 0 Å². The normalized spacial score (nSPS) is 14.5. The number of hydrogen-bond acceptors (Lipinski definition) is 3. The molecule has 0 heterocycles. The maximum atomic E-state index is 6.09. The number of nitrogens with zero attached hydrogens (tertiary/aromatic N) is 1. The molecule has 0 unspecified atom stereocenters. The van der Waals surface area contributed by atoms with Crippen LogP contribution in [0.5, 0.6) is 11.5 Å². The van der Waals surface area contributed by atoms with Gasteiger partial charge in [0.15, 0.2) is 5.96 Å². The van der Waals surface area contributed by atoms with Crippen molar-refractivity contribution >= 4 is 5.96 Å². The summed E-state index contributed by atoms with van der Waals surface area (Å²) >= 11 is 0. The Bertz CT molecular complexity index is 742. The zero-order valence-electron chi connectivity index (χ0n) is 15.5. The van der Waals surface area contributed by atoms with E-state index in [1.54, 1.807) is 14.2 Å². The minimum absolute atomic E-state index is 0.377. The summed E-state index contributed by atoms with van der Waals surface area (Å²) in [5, 5.41) is 6.69. The zero-order valence-corrected chi connectivity index (χ0v) is 15.5. The Kier molecular flexibility index (Phi) is 6.36. The first-order valence-electron chi connectivity index (χ1n) is 9.10. The van der Waals surface area contributed by atoms with Gasteiger partial charge in [0.1, 0.15) is 11.5 Å². The fourth-order valence-electron chi connectivity index (χ4n) is 2.80. The van der Waals surface area contributed by atoms with Crippen LogP contribution in [-0.4, -0.2) is 26.2 Å². The van der Waals surface area contributed by atoms with Crippen molar-refractivity contribution in [2.24, 2.45) is 4.99 Å². The van der Waals surface area contributed by atoms with Crippen LogP contribution in [0.4, 0.5) is 0 Å². The van der Waals surface area contributed by atoms with E-state index in [4.69, 9.17) is 9.47 Å². The number of para-hydroxylation sites is 1. The molecular formula is C21H27N3O2. The summed E-state index contributed by atoms with van der Waals surface area (Å²) in [5.41, 5.74) is 2.28. The topological polar surface area (TPSA) is 54.9 Å². The first-order valence-corrected chi connectivity index (χ1v) is 9.10. The Labute approximate surface area is 155 Å². The van der Waals surface area contributed by atoms with E-state index < -0.39 is 0 Å². The molecule has 0 radical (unpaired) electrons. The average molecular weight is 353 g/mol. The van der Waals surface area contributed by atoms with Crippen LogP contribution in [-0.2, 0) is 13.1 Å². The largest absolute Gasteiger partial charge is 0.497 e. The SMILES string of the molecule is CN=C(NCc1cccc(OC)c1)NCc1ccccc1OC1CCC1. The Balaban J connectivity index is 1.54. The molecule has 3 rings (SSSR count).